The summed E-state index contributed by atoms with van der Waals surface area (Å²) in [5.41, 5.74) is 2.60. The molecule has 0 aliphatic heterocycles. The normalized spacial score (nSPS) is 15.1. The van der Waals surface area contributed by atoms with Crippen molar-refractivity contribution in [1.82, 2.24) is 25.1 Å². The molecule has 3 N–H and O–H groups in total. The van der Waals surface area contributed by atoms with Crippen LogP contribution in [0.4, 0.5) is 5.69 Å². The Hall–Kier alpha value is -4.31. The molecule has 1 aliphatic rings. The van der Waals surface area contributed by atoms with E-state index in [4.69, 9.17) is 0 Å². The second-order valence-electron chi connectivity index (χ2n) is 9.88. The van der Waals surface area contributed by atoms with E-state index in [0.717, 1.165) is 24.8 Å². The van der Waals surface area contributed by atoms with Crippen molar-refractivity contribution in [2.24, 2.45) is 0 Å². The Morgan fingerprint density at radius 3 is 2.64 bits per heavy atom. The first-order valence-electron chi connectivity index (χ1n) is 13.0. The Balaban J connectivity index is 1.70. The highest BCUT2D eigenvalue weighted by molar-refractivity contribution is 5.95. The third-order valence-electron chi connectivity index (χ3n) is 6.91. The molecule has 10 heteroatoms. The van der Waals surface area contributed by atoms with Crippen LogP contribution in [-0.2, 0) is 22.6 Å². The molecule has 2 unspecified atom stereocenters. The van der Waals surface area contributed by atoms with Gasteiger partial charge in [0.2, 0.25) is 11.8 Å². The minimum absolute atomic E-state index is 0.0396. The van der Waals surface area contributed by atoms with Crippen LogP contribution in [0.1, 0.15) is 47.3 Å². The van der Waals surface area contributed by atoms with Gasteiger partial charge in [-0.05, 0) is 56.5 Å². The van der Waals surface area contributed by atoms with E-state index in [0.29, 0.717) is 11.1 Å². The van der Waals surface area contributed by atoms with Crippen molar-refractivity contribution >= 4 is 23.4 Å². The van der Waals surface area contributed by atoms with E-state index in [1.165, 1.54) is 21.2 Å². The van der Waals surface area contributed by atoms with Crippen LogP contribution in [0.25, 0.3) is 11.4 Å². The summed E-state index contributed by atoms with van der Waals surface area (Å²) < 4.78 is 1.24. The number of fused-ring (bicyclic) bond motifs is 1. The Bertz CT molecular complexity index is 1450. The predicted molar refractivity (Wildman–Crippen MR) is 149 cm³/mol. The van der Waals surface area contributed by atoms with Crippen molar-refractivity contribution in [1.29, 1.82) is 0 Å². The lowest BCUT2D eigenvalue weighted by atomic mass is 9.88. The maximum atomic E-state index is 13.6. The van der Waals surface area contributed by atoms with Gasteiger partial charge in [-0.3, -0.25) is 23.7 Å². The standard InChI is InChI=1S/C29H34N6O4/c1-18(30-2)27(37)33-24-16-31-26(20-11-7-12-21(15-20)28(38)34(3)4)35(29(24)39)17-25(36)32-23-14-8-10-19-9-5-6-13-22(19)23/h5-7,9,11-13,15-16,18,23,30H,8,10,14,17H2,1-4H3,(H,32,36)(H,33,37). The SMILES string of the molecule is CNC(C)C(=O)Nc1cnc(-c2cccc(C(=O)N(C)C)c2)n(CC(=O)NC2CCCc3ccccc32)c1=O. The van der Waals surface area contributed by atoms with Gasteiger partial charge in [0.15, 0.2) is 0 Å². The van der Waals surface area contributed by atoms with E-state index >= 15 is 0 Å². The molecular formula is C29H34N6O4. The highest BCUT2D eigenvalue weighted by Crippen LogP contribution is 2.29. The average Bonchev–Trinajstić information content (AvgIpc) is 2.94. The number of hydrogen-bond acceptors (Lipinski definition) is 6. The molecule has 1 aromatic heterocycles. The number of rotatable bonds is 8. The van der Waals surface area contributed by atoms with Gasteiger partial charge in [0.25, 0.3) is 11.5 Å². The molecular weight excluding hydrogens is 496 g/mol. The summed E-state index contributed by atoms with van der Waals surface area (Å²) in [7, 11) is 4.95. The summed E-state index contributed by atoms with van der Waals surface area (Å²) in [6, 6.07) is 14.1. The second kappa shape index (κ2) is 12.0. The fourth-order valence-electron chi connectivity index (χ4n) is 4.66. The Morgan fingerprint density at radius 1 is 1.13 bits per heavy atom. The van der Waals surface area contributed by atoms with Crippen LogP contribution >= 0.6 is 0 Å². The zero-order chi connectivity index (χ0) is 28.1. The molecule has 204 valence electrons. The second-order valence-corrected chi connectivity index (χ2v) is 9.88. The Kier molecular flexibility index (Phi) is 8.55. The number of nitrogens with one attached hydrogen (secondary N) is 3. The van der Waals surface area contributed by atoms with Crippen molar-refractivity contribution < 1.29 is 14.4 Å². The van der Waals surface area contributed by atoms with Gasteiger partial charge >= 0.3 is 0 Å². The number of anilines is 1. The van der Waals surface area contributed by atoms with Crippen molar-refractivity contribution in [3.05, 3.63) is 81.8 Å². The smallest absolute Gasteiger partial charge is 0.278 e. The number of nitrogens with zero attached hydrogens (tertiary/aromatic N) is 3. The van der Waals surface area contributed by atoms with Crippen molar-refractivity contribution in [3.8, 4) is 11.4 Å². The fourth-order valence-corrected chi connectivity index (χ4v) is 4.66. The monoisotopic (exact) mass is 530 g/mol. The minimum atomic E-state index is -0.569. The van der Waals surface area contributed by atoms with Gasteiger partial charge in [-0.2, -0.15) is 0 Å². The molecule has 0 radical (unpaired) electrons. The van der Waals surface area contributed by atoms with Gasteiger partial charge in [0.05, 0.1) is 18.3 Å². The number of likely N-dealkylation sites (N-methyl/N-ethyl adjacent to an activating group) is 1. The summed E-state index contributed by atoms with van der Waals surface area (Å²) in [6.45, 7) is 1.36. The van der Waals surface area contributed by atoms with Gasteiger partial charge in [-0.25, -0.2) is 4.98 Å². The molecule has 3 amide bonds. The van der Waals surface area contributed by atoms with Crippen molar-refractivity contribution in [2.45, 2.75) is 44.8 Å². The zero-order valence-electron chi connectivity index (χ0n) is 22.7. The highest BCUT2D eigenvalue weighted by atomic mass is 16.2. The number of carbonyl (C=O) groups is 3. The van der Waals surface area contributed by atoms with E-state index in [9.17, 15) is 19.2 Å². The van der Waals surface area contributed by atoms with E-state index in [1.54, 1.807) is 52.3 Å². The van der Waals surface area contributed by atoms with Crippen LogP contribution < -0.4 is 21.5 Å². The maximum absolute atomic E-state index is 13.6. The summed E-state index contributed by atoms with van der Waals surface area (Å²) in [5.74, 6) is -0.747. The van der Waals surface area contributed by atoms with Crippen LogP contribution in [0.2, 0.25) is 0 Å². The first kappa shape index (κ1) is 27.7. The largest absolute Gasteiger partial charge is 0.348 e. The molecule has 2 aromatic carbocycles. The van der Waals surface area contributed by atoms with Crippen molar-refractivity contribution in [3.63, 3.8) is 0 Å². The van der Waals surface area contributed by atoms with Crippen LogP contribution in [0.5, 0.6) is 0 Å². The number of hydrogen-bond donors (Lipinski definition) is 3. The Morgan fingerprint density at radius 2 is 1.90 bits per heavy atom. The molecule has 1 heterocycles. The maximum Gasteiger partial charge on any atom is 0.278 e. The number of aromatic nitrogens is 2. The summed E-state index contributed by atoms with van der Waals surface area (Å²) in [5, 5.41) is 8.51. The molecule has 0 saturated carbocycles. The van der Waals surface area contributed by atoms with Gasteiger partial charge in [-0.1, -0.05) is 36.4 Å². The van der Waals surface area contributed by atoms with E-state index in [-0.39, 0.29) is 35.9 Å². The van der Waals surface area contributed by atoms with Crippen molar-refractivity contribution in [2.75, 3.05) is 26.5 Å². The molecule has 4 rings (SSSR count). The fraction of sp³-hybridized carbons (Fsp3) is 0.345. The average molecular weight is 531 g/mol. The Labute approximate surface area is 227 Å². The van der Waals surface area contributed by atoms with Crippen LogP contribution in [0.15, 0.2) is 59.5 Å². The lowest BCUT2D eigenvalue weighted by molar-refractivity contribution is -0.122. The van der Waals surface area contributed by atoms with Gasteiger partial charge < -0.3 is 20.9 Å². The van der Waals surface area contributed by atoms with E-state index in [1.807, 2.05) is 18.2 Å². The van der Waals surface area contributed by atoms with Gasteiger partial charge in [0, 0.05) is 25.2 Å². The quantitative estimate of drug-likeness (QED) is 0.411. The summed E-state index contributed by atoms with van der Waals surface area (Å²) >= 11 is 0. The minimum Gasteiger partial charge on any atom is -0.348 e. The topological polar surface area (TPSA) is 125 Å². The zero-order valence-corrected chi connectivity index (χ0v) is 22.7. The van der Waals surface area contributed by atoms with Crippen LogP contribution in [0, 0.1) is 0 Å². The highest BCUT2D eigenvalue weighted by Gasteiger charge is 2.24. The summed E-state index contributed by atoms with van der Waals surface area (Å²) in [4.78, 5) is 57.9. The van der Waals surface area contributed by atoms with Crippen LogP contribution in [-0.4, -0.2) is 59.4 Å². The first-order valence-corrected chi connectivity index (χ1v) is 13.0. The molecule has 1 aliphatic carbocycles. The predicted octanol–water partition coefficient (Wildman–Crippen LogP) is 2.35. The molecule has 39 heavy (non-hydrogen) atoms. The number of carbonyl (C=O) groups excluding carboxylic acids is 3. The molecule has 0 spiro atoms. The number of aryl methyl sites for hydroxylation is 1. The van der Waals surface area contributed by atoms with E-state index in [2.05, 4.69) is 27.0 Å². The first-order chi connectivity index (χ1) is 18.7. The molecule has 0 fully saturated rings. The van der Waals surface area contributed by atoms with Gasteiger partial charge in [-0.15, -0.1) is 0 Å². The van der Waals surface area contributed by atoms with E-state index < -0.39 is 17.5 Å². The van der Waals surface area contributed by atoms with Gasteiger partial charge in [0.1, 0.15) is 18.1 Å². The molecule has 2 atom stereocenters. The third kappa shape index (κ3) is 6.23. The van der Waals surface area contributed by atoms with Crippen LogP contribution in [0.3, 0.4) is 0 Å². The lowest BCUT2D eigenvalue weighted by Crippen LogP contribution is -2.40. The third-order valence-corrected chi connectivity index (χ3v) is 6.91. The molecule has 0 bridgehead atoms. The summed E-state index contributed by atoms with van der Waals surface area (Å²) in [6.07, 6.45) is 4.00. The number of benzene rings is 2. The number of amides is 3. The lowest BCUT2D eigenvalue weighted by Gasteiger charge is -2.26. The molecule has 0 saturated heterocycles. The molecule has 10 nitrogen and oxygen atoms in total. The molecule has 3 aromatic rings.